The van der Waals surface area contributed by atoms with Gasteiger partial charge in [-0.2, -0.15) is 4.57 Å². The molecule has 8 heteroatoms. The lowest BCUT2D eigenvalue weighted by atomic mass is 9.96. The summed E-state index contributed by atoms with van der Waals surface area (Å²) < 4.78 is 8.70. The van der Waals surface area contributed by atoms with Crippen molar-refractivity contribution in [3.63, 3.8) is 0 Å². The number of carbonyl (C=O) groups excluding carboxylic acids is 1. The second-order valence-electron chi connectivity index (χ2n) is 7.43. The first-order valence-electron chi connectivity index (χ1n) is 9.22. The number of esters is 1. The summed E-state index contributed by atoms with van der Waals surface area (Å²) in [5.41, 5.74) is 1.35. The van der Waals surface area contributed by atoms with Crippen LogP contribution in [-0.2, 0) is 18.8 Å². The largest absolute Gasteiger partial charge is 0.462 e. The van der Waals surface area contributed by atoms with Gasteiger partial charge in [-0.1, -0.05) is 41.9 Å². The second kappa shape index (κ2) is 7.94. The molecule has 0 aliphatic carbocycles. The molecular weight excluding hydrogens is 438 g/mol. The standard InChI is InChI=1S/C21H22BrN3O4/c1-11(2)10-29-20(27)15-12(3)23-18-17(19(26)25(5)21(28)24(18)4)16(15)13-7-6-8-14(22)9-13/h6-9,11H,10H2,1-5H3/p+1. The van der Waals surface area contributed by atoms with E-state index in [9.17, 15) is 14.4 Å². The Morgan fingerprint density at radius 1 is 1.21 bits per heavy atom. The average molecular weight is 461 g/mol. The van der Waals surface area contributed by atoms with Gasteiger partial charge in [0.05, 0.1) is 13.7 Å². The summed E-state index contributed by atoms with van der Waals surface area (Å²) >= 11 is 3.45. The predicted molar refractivity (Wildman–Crippen MR) is 114 cm³/mol. The van der Waals surface area contributed by atoms with Gasteiger partial charge in [0, 0.05) is 17.1 Å². The van der Waals surface area contributed by atoms with Gasteiger partial charge in [0.25, 0.3) is 11.2 Å². The first kappa shape index (κ1) is 21.0. The molecule has 7 nitrogen and oxygen atoms in total. The van der Waals surface area contributed by atoms with Crippen molar-refractivity contribution in [2.75, 3.05) is 6.61 Å². The molecule has 1 N–H and O–H groups in total. The third kappa shape index (κ3) is 3.76. The third-order valence-corrected chi connectivity index (χ3v) is 5.20. The molecule has 2 heterocycles. The number of aromatic nitrogens is 3. The number of aryl methyl sites for hydroxylation is 2. The summed E-state index contributed by atoms with van der Waals surface area (Å²) in [5, 5.41) is 0.259. The predicted octanol–water partition coefficient (Wildman–Crippen LogP) is 2.60. The van der Waals surface area contributed by atoms with E-state index >= 15 is 0 Å². The average Bonchev–Trinajstić information content (AvgIpc) is 2.67. The van der Waals surface area contributed by atoms with Crippen molar-refractivity contribution in [3.05, 3.63) is 60.8 Å². The van der Waals surface area contributed by atoms with Crippen LogP contribution >= 0.6 is 15.9 Å². The molecule has 2 aromatic heterocycles. The van der Waals surface area contributed by atoms with Crippen LogP contribution < -0.4 is 16.2 Å². The fourth-order valence-corrected chi connectivity index (χ4v) is 3.67. The Morgan fingerprint density at radius 2 is 1.90 bits per heavy atom. The summed E-state index contributed by atoms with van der Waals surface area (Å²) in [6, 6.07) is 7.34. The van der Waals surface area contributed by atoms with Crippen molar-refractivity contribution in [2.45, 2.75) is 20.8 Å². The number of carbonyl (C=O) groups is 1. The van der Waals surface area contributed by atoms with E-state index in [0.29, 0.717) is 22.5 Å². The van der Waals surface area contributed by atoms with Gasteiger partial charge in [0.2, 0.25) is 0 Å². The molecule has 0 spiro atoms. The summed E-state index contributed by atoms with van der Waals surface area (Å²) in [7, 11) is 3.01. The van der Waals surface area contributed by atoms with E-state index in [1.54, 1.807) is 14.0 Å². The molecule has 0 unspecified atom stereocenters. The minimum atomic E-state index is -0.514. The molecule has 0 saturated carbocycles. The Bertz CT molecular complexity index is 1240. The van der Waals surface area contributed by atoms with E-state index in [1.807, 2.05) is 38.1 Å². The van der Waals surface area contributed by atoms with Gasteiger partial charge in [0.15, 0.2) is 0 Å². The molecule has 3 aromatic rings. The lowest BCUT2D eigenvalue weighted by Crippen LogP contribution is -2.40. The second-order valence-corrected chi connectivity index (χ2v) is 8.35. The maximum absolute atomic E-state index is 13.1. The van der Waals surface area contributed by atoms with E-state index in [2.05, 4.69) is 20.9 Å². The molecular formula is C21H23BrN3O4+. The summed E-state index contributed by atoms with van der Waals surface area (Å²) in [6.07, 6.45) is 0. The van der Waals surface area contributed by atoms with Crippen molar-refractivity contribution >= 4 is 32.9 Å². The van der Waals surface area contributed by atoms with Crippen LogP contribution in [0.1, 0.15) is 29.9 Å². The minimum Gasteiger partial charge on any atom is -0.462 e. The SMILES string of the molecule is Cc1[nH+]c2c(c(-c3cccc(Br)c3)c1C(=O)OCC(C)C)c(=O)n(C)c(=O)n2C. The molecule has 0 aliphatic rings. The highest BCUT2D eigenvalue weighted by molar-refractivity contribution is 9.10. The third-order valence-electron chi connectivity index (χ3n) is 4.71. The normalized spacial score (nSPS) is 11.3. The number of hydrogen-bond donors (Lipinski definition) is 0. The molecule has 1 aromatic carbocycles. The van der Waals surface area contributed by atoms with Gasteiger partial charge in [-0.3, -0.25) is 4.79 Å². The number of hydrogen-bond acceptors (Lipinski definition) is 4. The van der Waals surface area contributed by atoms with E-state index in [4.69, 9.17) is 4.74 Å². The maximum Gasteiger partial charge on any atom is 0.417 e. The van der Waals surface area contributed by atoms with Gasteiger partial charge in [-0.25, -0.2) is 19.1 Å². The number of fused-ring (bicyclic) bond motifs is 1. The lowest BCUT2D eigenvalue weighted by molar-refractivity contribution is -0.359. The van der Waals surface area contributed by atoms with Crippen LogP contribution in [0.5, 0.6) is 0 Å². The van der Waals surface area contributed by atoms with Crippen molar-refractivity contribution in [3.8, 4) is 11.1 Å². The van der Waals surface area contributed by atoms with Crippen LogP contribution in [0.2, 0.25) is 0 Å². The molecule has 152 valence electrons. The van der Waals surface area contributed by atoms with E-state index in [0.717, 1.165) is 9.04 Å². The minimum absolute atomic E-state index is 0.173. The number of rotatable bonds is 4. The number of pyridine rings is 1. The zero-order chi connectivity index (χ0) is 21.5. The number of nitrogens with one attached hydrogen (secondary N) is 1. The molecule has 0 saturated heterocycles. The number of nitrogens with zero attached hydrogens (tertiary/aromatic N) is 2. The summed E-state index contributed by atoms with van der Waals surface area (Å²) in [5.74, 6) is -0.341. The topological polar surface area (TPSA) is 84.4 Å². The van der Waals surface area contributed by atoms with Crippen LogP contribution in [0.3, 0.4) is 0 Å². The Labute approximate surface area is 176 Å². The first-order chi connectivity index (χ1) is 13.6. The van der Waals surface area contributed by atoms with Gasteiger partial charge < -0.3 is 4.74 Å². The smallest absolute Gasteiger partial charge is 0.417 e. The monoisotopic (exact) mass is 460 g/mol. The number of halogens is 1. The molecule has 0 bridgehead atoms. The first-order valence-corrected chi connectivity index (χ1v) is 10.0. The fourth-order valence-electron chi connectivity index (χ4n) is 3.27. The molecule has 0 radical (unpaired) electrons. The number of ether oxygens (including phenoxy) is 1. The van der Waals surface area contributed by atoms with Crippen molar-refractivity contribution in [2.24, 2.45) is 20.0 Å². The van der Waals surface area contributed by atoms with E-state index < -0.39 is 17.2 Å². The summed E-state index contributed by atoms with van der Waals surface area (Å²) in [4.78, 5) is 41.6. The quantitative estimate of drug-likeness (QED) is 0.560. The molecule has 0 fully saturated rings. The van der Waals surface area contributed by atoms with E-state index in [1.165, 1.54) is 11.6 Å². The molecule has 29 heavy (non-hydrogen) atoms. The fraction of sp³-hybridized carbons (Fsp3) is 0.333. The number of aromatic amines is 1. The zero-order valence-electron chi connectivity index (χ0n) is 17.0. The lowest BCUT2D eigenvalue weighted by Gasteiger charge is -2.15. The Hall–Kier alpha value is -2.74. The van der Waals surface area contributed by atoms with Crippen LogP contribution in [0.4, 0.5) is 0 Å². The zero-order valence-corrected chi connectivity index (χ0v) is 18.6. The van der Waals surface area contributed by atoms with Crippen molar-refractivity contribution in [1.82, 2.24) is 9.13 Å². The Kier molecular flexibility index (Phi) is 5.75. The highest BCUT2D eigenvalue weighted by Crippen LogP contribution is 2.31. The molecule has 0 aliphatic heterocycles. The van der Waals surface area contributed by atoms with Crippen LogP contribution in [0.15, 0.2) is 38.3 Å². The van der Waals surface area contributed by atoms with Crippen LogP contribution in [0.25, 0.3) is 22.2 Å². The summed E-state index contributed by atoms with van der Waals surface area (Å²) in [6.45, 7) is 5.90. The highest BCUT2D eigenvalue weighted by atomic mass is 79.9. The Balaban J connectivity index is 2.49. The van der Waals surface area contributed by atoms with Gasteiger partial charge in [-0.15, -0.1) is 0 Å². The van der Waals surface area contributed by atoms with Crippen LogP contribution in [-0.4, -0.2) is 21.7 Å². The molecule has 3 rings (SSSR count). The van der Waals surface area contributed by atoms with Crippen molar-refractivity contribution in [1.29, 1.82) is 0 Å². The van der Waals surface area contributed by atoms with Crippen LogP contribution in [0, 0.1) is 12.8 Å². The number of benzene rings is 1. The van der Waals surface area contributed by atoms with E-state index in [-0.39, 0.29) is 23.5 Å². The van der Waals surface area contributed by atoms with Gasteiger partial charge >= 0.3 is 11.7 Å². The van der Waals surface area contributed by atoms with Gasteiger partial charge in [-0.05, 0) is 30.5 Å². The van der Waals surface area contributed by atoms with Gasteiger partial charge in [0.1, 0.15) is 16.6 Å². The molecule has 0 atom stereocenters. The Morgan fingerprint density at radius 3 is 2.52 bits per heavy atom. The maximum atomic E-state index is 13.1. The highest BCUT2D eigenvalue weighted by Gasteiger charge is 2.29. The number of H-pyrrole nitrogens is 1. The molecule has 0 amide bonds. The van der Waals surface area contributed by atoms with Crippen molar-refractivity contribution < 1.29 is 14.5 Å².